The summed E-state index contributed by atoms with van der Waals surface area (Å²) in [6.07, 6.45) is 1.08. The zero-order chi connectivity index (χ0) is 12.4. The molecule has 1 aliphatic rings. The number of hydrogen-bond donors (Lipinski definition) is 1. The van der Waals surface area contributed by atoms with E-state index in [2.05, 4.69) is 56.7 Å². The van der Waals surface area contributed by atoms with Crippen molar-refractivity contribution in [2.24, 2.45) is 18.2 Å². The van der Waals surface area contributed by atoms with Crippen LogP contribution in [0.4, 0.5) is 0 Å². The highest BCUT2D eigenvalue weighted by Gasteiger charge is 2.60. The van der Waals surface area contributed by atoms with Gasteiger partial charge in [0.1, 0.15) is 0 Å². The lowest BCUT2D eigenvalue weighted by molar-refractivity contribution is 0.509. The number of nitrogens with two attached hydrogens (primary N) is 1. The second-order valence-electron chi connectivity index (χ2n) is 6.07. The van der Waals surface area contributed by atoms with E-state index in [0.29, 0.717) is 0 Å². The molecule has 1 unspecified atom stereocenters. The van der Waals surface area contributed by atoms with Gasteiger partial charge in [0.2, 0.25) is 0 Å². The molecule has 1 saturated carbocycles. The van der Waals surface area contributed by atoms with Gasteiger partial charge in [-0.25, -0.2) is 0 Å². The Morgan fingerprint density at radius 3 is 2.41 bits per heavy atom. The first-order valence-electron chi connectivity index (χ1n) is 6.22. The van der Waals surface area contributed by atoms with Crippen LogP contribution in [0.15, 0.2) is 24.3 Å². The van der Waals surface area contributed by atoms with E-state index in [0.717, 1.165) is 6.42 Å². The van der Waals surface area contributed by atoms with Gasteiger partial charge in [0.25, 0.3) is 0 Å². The third kappa shape index (κ3) is 1.19. The first-order valence-corrected chi connectivity index (χ1v) is 6.22. The van der Waals surface area contributed by atoms with Crippen LogP contribution in [0, 0.1) is 12.3 Å². The van der Waals surface area contributed by atoms with Crippen molar-refractivity contribution in [1.29, 1.82) is 0 Å². The van der Waals surface area contributed by atoms with E-state index in [1.165, 1.54) is 22.2 Å². The van der Waals surface area contributed by atoms with Crippen molar-refractivity contribution in [3.05, 3.63) is 35.5 Å². The van der Waals surface area contributed by atoms with E-state index in [1.54, 1.807) is 0 Å². The number of benzene rings is 1. The maximum Gasteiger partial charge on any atom is 0.0492 e. The van der Waals surface area contributed by atoms with Gasteiger partial charge in [-0.15, -0.1) is 0 Å². The fourth-order valence-electron chi connectivity index (χ4n) is 3.16. The number of fused-ring (bicyclic) bond motifs is 1. The van der Waals surface area contributed by atoms with Crippen molar-refractivity contribution < 1.29 is 0 Å². The molecule has 1 fully saturated rings. The summed E-state index contributed by atoms with van der Waals surface area (Å²) in [5.41, 5.74) is 10.6. The molecular formula is C15H20N2. The Hall–Kier alpha value is -1.28. The molecule has 90 valence electrons. The molecule has 2 aromatic rings. The maximum absolute atomic E-state index is 6.61. The number of rotatable bonds is 1. The van der Waals surface area contributed by atoms with Crippen LogP contribution < -0.4 is 5.73 Å². The van der Waals surface area contributed by atoms with E-state index >= 15 is 0 Å². The highest BCUT2D eigenvalue weighted by Crippen LogP contribution is 2.62. The third-order valence-electron chi connectivity index (χ3n) is 4.65. The Kier molecular flexibility index (Phi) is 1.87. The van der Waals surface area contributed by atoms with Crippen LogP contribution in [0.5, 0.6) is 0 Å². The first-order chi connectivity index (χ1) is 7.88. The minimum atomic E-state index is -0.141. The van der Waals surface area contributed by atoms with Crippen LogP contribution in [-0.4, -0.2) is 4.57 Å². The second-order valence-corrected chi connectivity index (χ2v) is 6.07. The molecule has 1 aromatic carbocycles. The predicted octanol–water partition coefficient (Wildman–Crippen LogP) is 3.07. The molecule has 0 aliphatic heterocycles. The van der Waals surface area contributed by atoms with Crippen LogP contribution >= 0.6 is 0 Å². The van der Waals surface area contributed by atoms with Gasteiger partial charge < -0.3 is 10.3 Å². The average Bonchev–Trinajstić information content (AvgIpc) is 2.65. The van der Waals surface area contributed by atoms with Crippen molar-refractivity contribution in [1.82, 2.24) is 4.57 Å². The summed E-state index contributed by atoms with van der Waals surface area (Å²) in [5, 5.41) is 1.32. The SMILES string of the molecule is Cc1c(C2(N)CC2(C)C)c2ccccc2n1C. The highest BCUT2D eigenvalue weighted by atomic mass is 15.0. The summed E-state index contributed by atoms with van der Waals surface area (Å²) in [6.45, 7) is 6.70. The fraction of sp³-hybridized carbons (Fsp3) is 0.467. The molecule has 0 amide bonds. The van der Waals surface area contributed by atoms with Crippen LogP contribution in [0.3, 0.4) is 0 Å². The van der Waals surface area contributed by atoms with E-state index in [-0.39, 0.29) is 11.0 Å². The molecule has 1 heterocycles. The van der Waals surface area contributed by atoms with Gasteiger partial charge in [0.15, 0.2) is 0 Å². The predicted molar refractivity (Wildman–Crippen MR) is 71.9 cm³/mol. The molecule has 1 atom stereocenters. The largest absolute Gasteiger partial charge is 0.348 e. The minimum Gasteiger partial charge on any atom is -0.348 e. The molecule has 2 heteroatoms. The van der Waals surface area contributed by atoms with Crippen molar-refractivity contribution in [2.75, 3.05) is 0 Å². The van der Waals surface area contributed by atoms with Crippen molar-refractivity contribution in [2.45, 2.75) is 32.7 Å². The average molecular weight is 228 g/mol. The number of hydrogen-bond acceptors (Lipinski definition) is 1. The number of aryl methyl sites for hydroxylation is 1. The second kappa shape index (κ2) is 2.94. The van der Waals surface area contributed by atoms with Crippen molar-refractivity contribution in [3.8, 4) is 0 Å². The van der Waals surface area contributed by atoms with Gasteiger partial charge in [-0.2, -0.15) is 0 Å². The van der Waals surface area contributed by atoms with Gasteiger partial charge in [-0.05, 0) is 24.8 Å². The molecule has 0 spiro atoms. The third-order valence-corrected chi connectivity index (χ3v) is 4.65. The number of nitrogens with zero attached hydrogens (tertiary/aromatic N) is 1. The Balaban J connectivity index is 2.35. The lowest BCUT2D eigenvalue weighted by Crippen LogP contribution is -2.26. The van der Waals surface area contributed by atoms with Gasteiger partial charge in [-0.1, -0.05) is 32.0 Å². The normalized spacial score (nSPS) is 26.4. The van der Waals surface area contributed by atoms with E-state index in [4.69, 9.17) is 5.73 Å². The van der Waals surface area contributed by atoms with E-state index in [1.807, 2.05) is 0 Å². The summed E-state index contributed by atoms with van der Waals surface area (Å²) in [5.74, 6) is 0. The molecule has 0 radical (unpaired) electrons. The quantitative estimate of drug-likeness (QED) is 0.799. The summed E-state index contributed by atoms with van der Waals surface area (Å²) in [7, 11) is 2.12. The molecule has 2 nitrogen and oxygen atoms in total. The summed E-state index contributed by atoms with van der Waals surface area (Å²) in [6, 6.07) is 8.56. The van der Waals surface area contributed by atoms with Gasteiger partial charge in [0.05, 0.1) is 0 Å². The van der Waals surface area contributed by atoms with Crippen molar-refractivity contribution in [3.63, 3.8) is 0 Å². The molecule has 3 rings (SSSR count). The lowest BCUT2D eigenvalue weighted by Gasteiger charge is -2.16. The summed E-state index contributed by atoms with van der Waals surface area (Å²) < 4.78 is 2.26. The summed E-state index contributed by atoms with van der Waals surface area (Å²) >= 11 is 0. The molecule has 0 bridgehead atoms. The molecular weight excluding hydrogens is 208 g/mol. The maximum atomic E-state index is 6.61. The Bertz CT molecular complexity index is 607. The topological polar surface area (TPSA) is 30.9 Å². The first kappa shape index (κ1) is 10.8. The van der Waals surface area contributed by atoms with Crippen LogP contribution in [0.1, 0.15) is 31.5 Å². The number of aromatic nitrogens is 1. The van der Waals surface area contributed by atoms with Crippen LogP contribution in [0.25, 0.3) is 10.9 Å². The molecule has 1 aromatic heterocycles. The Labute approximate surface area is 102 Å². The molecule has 1 aliphatic carbocycles. The van der Waals surface area contributed by atoms with Crippen LogP contribution in [-0.2, 0) is 12.6 Å². The monoisotopic (exact) mass is 228 g/mol. The minimum absolute atomic E-state index is 0.141. The Morgan fingerprint density at radius 1 is 1.24 bits per heavy atom. The van der Waals surface area contributed by atoms with E-state index < -0.39 is 0 Å². The smallest absolute Gasteiger partial charge is 0.0492 e. The number of para-hydroxylation sites is 1. The Morgan fingerprint density at radius 2 is 1.82 bits per heavy atom. The van der Waals surface area contributed by atoms with Gasteiger partial charge in [0, 0.05) is 34.7 Å². The molecule has 2 N–H and O–H groups in total. The molecule has 17 heavy (non-hydrogen) atoms. The van der Waals surface area contributed by atoms with Gasteiger partial charge in [-0.3, -0.25) is 0 Å². The van der Waals surface area contributed by atoms with Crippen molar-refractivity contribution >= 4 is 10.9 Å². The summed E-state index contributed by atoms with van der Waals surface area (Å²) in [4.78, 5) is 0. The van der Waals surface area contributed by atoms with Crippen LogP contribution in [0.2, 0.25) is 0 Å². The fourth-order valence-corrected chi connectivity index (χ4v) is 3.16. The highest BCUT2D eigenvalue weighted by molar-refractivity contribution is 5.87. The van der Waals surface area contributed by atoms with Gasteiger partial charge >= 0.3 is 0 Å². The zero-order valence-corrected chi connectivity index (χ0v) is 11.0. The standard InChI is InChI=1S/C15H20N2/c1-10-13(15(16)9-14(15,2)3)11-7-5-6-8-12(11)17(10)4/h5-8H,9,16H2,1-4H3. The van der Waals surface area contributed by atoms with E-state index in [9.17, 15) is 0 Å². The lowest BCUT2D eigenvalue weighted by atomic mass is 9.94. The zero-order valence-electron chi connectivity index (χ0n) is 11.0. The molecule has 0 saturated heterocycles.